The van der Waals surface area contributed by atoms with Crippen LogP contribution in [0.2, 0.25) is 0 Å². The van der Waals surface area contributed by atoms with Gasteiger partial charge in [0.05, 0.1) is 5.52 Å². The highest BCUT2D eigenvalue weighted by molar-refractivity contribution is 5.78. The lowest BCUT2D eigenvalue weighted by Gasteiger charge is -2.07. The minimum absolute atomic E-state index is 0.542. The lowest BCUT2D eigenvalue weighted by atomic mass is 10.2. The Morgan fingerprint density at radius 3 is 2.75 bits per heavy atom. The van der Waals surface area contributed by atoms with E-state index < -0.39 is 0 Å². The van der Waals surface area contributed by atoms with Crippen LogP contribution in [0.1, 0.15) is 19.5 Å². The Morgan fingerprint density at radius 1 is 1.12 bits per heavy atom. The molecule has 0 amide bonds. The molecule has 0 saturated carbocycles. The van der Waals surface area contributed by atoms with E-state index >= 15 is 0 Å². The second-order valence-corrected chi connectivity index (χ2v) is 4.35. The third-order valence-electron chi connectivity index (χ3n) is 2.59. The number of para-hydroxylation sites is 1. The molecule has 0 unspecified atom stereocenters. The molecule has 0 fully saturated rings. The number of aromatic nitrogens is 1. The van der Waals surface area contributed by atoms with Crippen LogP contribution in [0.3, 0.4) is 0 Å². The van der Waals surface area contributed by atoms with Crippen LogP contribution in [0.4, 0.5) is 0 Å². The number of nitrogens with zero attached hydrogens (tertiary/aromatic N) is 1. The van der Waals surface area contributed by atoms with Gasteiger partial charge in [0, 0.05) is 30.1 Å². The summed E-state index contributed by atoms with van der Waals surface area (Å²) in [4.78, 5) is 4.63. The quantitative estimate of drug-likeness (QED) is 0.846. The van der Waals surface area contributed by atoms with Crippen molar-refractivity contribution in [1.82, 2.24) is 10.3 Å². The second-order valence-electron chi connectivity index (χ2n) is 4.35. The third-order valence-corrected chi connectivity index (χ3v) is 2.59. The highest BCUT2D eigenvalue weighted by Crippen LogP contribution is 2.11. The maximum Gasteiger partial charge on any atom is 0.0705 e. The predicted molar refractivity (Wildman–Crippen MR) is 68.6 cm³/mol. The summed E-state index contributed by atoms with van der Waals surface area (Å²) in [5.74, 6) is 0. The topological polar surface area (TPSA) is 24.9 Å². The van der Waals surface area contributed by atoms with Crippen molar-refractivity contribution in [3.05, 3.63) is 42.1 Å². The maximum absolute atomic E-state index is 4.63. The van der Waals surface area contributed by atoms with Crippen molar-refractivity contribution in [2.75, 3.05) is 6.54 Å². The zero-order valence-electron chi connectivity index (χ0n) is 9.90. The van der Waals surface area contributed by atoms with Crippen LogP contribution in [0.5, 0.6) is 0 Å². The number of benzene rings is 1. The third kappa shape index (κ3) is 2.80. The first-order valence-corrected chi connectivity index (χ1v) is 5.84. The summed E-state index contributed by atoms with van der Waals surface area (Å²) in [5, 5.41) is 4.61. The summed E-state index contributed by atoms with van der Waals surface area (Å²) in [6, 6.07) is 13.0. The first-order valence-electron chi connectivity index (χ1n) is 5.84. The Labute approximate surface area is 96.7 Å². The van der Waals surface area contributed by atoms with E-state index in [-0.39, 0.29) is 0 Å². The molecular weight excluding hydrogens is 196 g/mol. The number of fused-ring (bicyclic) bond motifs is 1. The number of nitrogens with one attached hydrogen (secondary N) is 1. The fourth-order valence-corrected chi connectivity index (χ4v) is 1.74. The fourth-order valence-electron chi connectivity index (χ4n) is 1.74. The van der Waals surface area contributed by atoms with Crippen molar-refractivity contribution in [3.63, 3.8) is 0 Å². The lowest BCUT2D eigenvalue weighted by molar-refractivity contribution is 0.587. The number of hydrogen-bond acceptors (Lipinski definition) is 2. The van der Waals surface area contributed by atoms with Gasteiger partial charge in [-0.15, -0.1) is 0 Å². The zero-order valence-corrected chi connectivity index (χ0v) is 9.90. The summed E-state index contributed by atoms with van der Waals surface area (Å²) in [6.45, 7) is 5.31. The van der Waals surface area contributed by atoms with Gasteiger partial charge in [-0.05, 0) is 12.1 Å². The van der Waals surface area contributed by atoms with E-state index in [2.05, 4.69) is 48.4 Å². The molecular formula is C14H18N2. The normalized spacial score (nSPS) is 11.2. The zero-order chi connectivity index (χ0) is 11.4. The van der Waals surface area contributed by atoms with Crippen molar-refractivity contribution in [1.29, 1.82) is 0 Å². The molecule has 16 heavy (non-hydrogen) atoms. The molecule has 0 aliphatic heterocycles. The first-order chi connectivity index (χ1) is 7.75. The molecule has 2 nitrogen and oxygen atoms in total. The number of rotatable bonds is 4. The summed E-state index contributed by atoms with van der Waals surface area (Å²) < 4.78 is 0. The van der Waals surface area contributed by atoms with E-state index in [0.717, 1.165) is 24.2 Å². The summed E-state index contributed by atoms with van der Waals surface area (Å²) in [5.41, 5.74) is 2.25. The molecule has 2 aromatic rings. The van der Waals surface area contributed by atoms with Crippen LogP contribution in [-0.2, 0) is 6.42 Å². The highest BCUT2D eigenvalue weighted by Gasteiger charge is 1.98. The molecule has 0 bridgehead atoms. The van der Waals surface area contributed by atoms with Crippen molar-refractivity contribution in [3.8, 4) is 0 Å². The maximum atomic E-state index is 4.63. The van der Waals surface area contributed by atoms with Crippen LogP contribution in [0, 0.1) is 0 Å². The molecule has 0 radical (unpaired) electrons. The minimum Gasteiger partial charge on any atom is -0.314 e. The monoisotopic (exact) mass is 214 g/mol. The van der Waals surface area contributed by atoms with Gasteiger partial charge < -0.3 is 5.32 Å². The standard InChI is InChI=1S/C14H18N2/c1-11(2)15-10-9-13-8-7-12-5-3-4-6-14(12)16-13/h3-8,11,15H,9-10H2,1-2H3. The molecule has 1 heterocycles. The summed E-state index contributed by atoms with van der Waals surface area (Å²) in [7, 11) is 0. The molecule has 1 aromatic carbocycles. The van der Waals surface area contributed by atoms with E-state index in [1.54, 1.807) is 0 Å². The van der Waals surface area contributed by atoms with Gasteiger partial charge in [0.2, 0.25) is 0 Å². The average Bonchev–Trinajstić information content (AvgIpc) is 2.28. The van der Waals surface area contributed by atoms with Crippen LogP contribution in [0.25, 0.3) is 10.9 Å². The van der Waals surface area contributed by atoms with Crippen molar-refractivity contribution < 1.29 is 0 Å². The van der Waals surface area contributed by atoms with E-state index in [0.29, 0.717) is 6.04 Å². The van der Waals surface area contributed by atoms with Crippen LogP contribution >= 0.6 is 0 Å². The Morgan fingerprint density at radius 2 is 1.94 bits per heavy atom. The minimum atomic E-state index is 0.542. The van der Waals surface area contributed by atoms with Gasteiger partial charge in [0.25, 0.3) is 0 Å². The molecule has 2 heteroatoms. The number of hydrogen-bond donors (Lipinski definition) is 1. The smallest absolute Gasteiger partial charge is 0.0705 e. The number of pyridine rings is 1. The van der Waals surface area contributed by atoms with Gasteiger partial charge in [-0.25, -0.2) is 0 Å². The van der Waals surface area contributed by atoms with Gasteiger partial charge in [-0.1, -0.05) is 38.1 Å². The highest BCUT2D eigenvalue weighted by atomic mass is 14.9. The van der Waals surface area contributed by atoms with Crippen LogP contribution < -0.4 is 5.32 Å². The SMILES string of the molecule is CC(C)NCCc1ccc2ccccc2n1. The Bertz CT molecular complexity index is 463. The molecule has 0 spiro atoms. The molecule has 0 atom stereocenters. The van der Waals surface area contributed by atoms with Gasteiger partial charge >= 0.3 is 0 Å². The summed E-state index contributed by atoms with van der Waals surface area (Å²) >= 11 is 0. The Balaban J connectivity index is 2.08. The van der Waals surface area contributed by atoms with Crippen molar-refractivity contribution in [2.45, 2.75) is 26.3 Å². The molecule has 0 saturated heterocycles. The van der Waals surface area contributed by atoms with Gasteiger partial charge in [0.15, 0.2) is 0 Å². The van der Waals surface area contributed by atoms with Crippen molar-refractivity contribution >= 4 is 10.9 Å². The van der Waals surface area contributed by atoms with E-state index in [1.807, 2.05) is 12.1 Å². The van der Waals surface area contributed by atoms with Crippen LogP contribution in [-0.4, -0.2) is 17.6 Å². The second kappa shape index (κ2) is 5.08. The van der Waals surface area contributed by atoms with Crippen LogP contribution in [0.15, 0.2) is 36.4 Å². The van der Waals surface area contributed by atoms with E-state index in [9.17, 15) is 0 Å². The molecule has 84 valence electrons. The molecule has 1 N–H and O–H groups in total. The van der Waals surface area contributed by atoms with Crippen molar-refractivity contribution in [2.24, 2.45) is 0 Å². The fraction of sp³-hybridized carbons (Fsp3) is 0.357. The largest absolute Gasteiger partial charge is 0.314 e. The predicted octanol–water partition coefficient (Wildman–Crippen LogP) is 2.78. The molecule has 1 aromatic heterocycles. The summed E-state index contributed by atoms with van der Waals surface area (Å²) in [6.07, 6.45) is 0.989. The molecule has 2 rings (SSSR count). The Kier molecular flexibility index (Phi) is 3.52. The first kappa shape index (κ1) is 11.1. The van der Waals surface area contributed by atoms with E-state index in [1.165, 1.54) is 5.39 Å². The van der Waals surface area contributed by atoms with E-state index in [4.69, 9.17) is 0 Å². The van der Waals surface area contributed by atoms with Gasteiger partial charge in [0.1, 0.15) is 0 Å². The van der Waals surface area contributed by atoms with Gasteiger partial charge in [-0.2, -0.15) is 0 Å². The Hall–Kier alpha value is -1.41. The molecule has 0 aliphatic rings. The average molecular weight is 214 g/mol. The molecule has 0 aliphatic carbocycles. The lowest BCUT2D eigenvalue weighted by Crippen LogP contribution is -2.25. The van der Waals surface area contributed by atoms with Gasteiger partial charge in [-0.3, -0.25) is 4.98 Å².